The molecule has 3 rings (SSSR count). The number of carbonyl (C=O) groups excluding carboxylic acids is 2. The van der Waals surface area contributed by atoms with E-state index in [1.165, 1.54) is 65.7 Å². The van der Waals surface area contributed by atoms with E-state index in [9.17, 15) is 18.0 Å². The SMILES string of the molecule is COc1ccc(OC)c(N(CC(=O)Nc2cccc(C(C)=O)c2)S(=O)(=O)c2ccc(OC)c(OC)c2)c1. The van der Waals surface area contributed by atoms with Crippen molar-refractivity contribution in [1.82, 2.24) is 0 Å². The van der Waals surface area contributed by atoms with Crippen molar-refractivity contribution in [3.05, 3.63) is 66.2 Å². The Hall–Kier alpha value is -4.25. The molecule has 3 aromatic rings. The lowest BCUT2D eigenvalue weighted by atomic mass is 10.1. The highest BCUT2D eigenvalue weighted by atomic mass is 32.2. The normalized spacial score (nSPS) is 10.8. The number of amides is 1. The van der Waals surface area contributed by atoms with E-state index >= 15 is 0 Å². The molecule has 0 unspecified atom stereocenters. The molecule has 0 heterocycles. The van der Waals surface area contributed by atoms with E-state index in [1.807, 2.05) is 0 Å². The summed E-state index contributed by atoms with van der Waals surface area (Å²) in [6.45, 7) is 0.804. The molecule has 0 fully saturated rings. The summed E-state index contributed by atoms with van der Waals surface area (Å²) in [6.07, 6.45) is 0. The minimum Gasteiger partial charge on any atom is -0.497 e. The molecule has 0 aromatic heterocycles. The van der Waals surface area contributed by atoms with Gasteiger partial charge in [0.2, 0.25) is 5.91 Å². The number of Topliss-reactive ketones (excluding diaryl/α,β-unsaturated/α-hetero) is 1. The molecule has 0 radical (unpaired) electrons. The summed E-state index contributed by atoms with van der Waals surface area (Å²) in [7, 11) is 1.32. The largest absolute Gasteiger partial charge is 0.497 e. The predicted octanol–water partition coefficient (Wildman–Crippen LogP) is 3.76. The van der Waals surface area contributed by atoms with Crippen molar-refractivity contribution < 1.29 is 37.0 Å². The molecule has 1 N–H and O–H groups in total. The average Bonchev–Trinajstić information content (AvgIpc) is 2.90. The zero-order valence-corrected chi connectivity index (χ0v) is 21.9. The Morgan fingerprint density at radius 2 is 1.49 bits per heavy atom. The highest BCUT2D eigenvalue weighted by molar-refractivity contribution is 7.92. The van der Waals surface area contributed by atoms with Crippen LogP contribution in [0.3, 0.4) is 0 Å². The van der Waals surface area contributed by atoms with Gasteiger partial charge in [0.25, 0.3) is 10.0 Å². The molecule has 0 saturated heterocycles. The zero-order valence-electron chi connectivity index (χ0n) is 21.1. The molecule has 0 aliphatic rings. The molecule has 0 spiro atoms. The van der Waals surface area contributed by atoms with Crippen molar-refractivity contribution in [3.8, 4) is 23.0 Å². The summed E-state index contributed by atoms with van der Waals surface area (Å²) in [5.74, 6) is 0.292. The quantitative estimate of drug-likeness (QED) is 0.374. The van der Waals surface area contributed by atoms with Crippen molar-refractivity contribution in [3.63, 3.8) is 0 Å². The fraction of sp³-hybridized carbons (Fsp3) is 0.231. The molecule has 1 amide bonds. The Kier molecular flexibility index (Phi) is 8.61. The maximum Gasteiger partial charge on any atom is 0.265 e. The minimum atomic E-state index is -4.33. The number of nitrogens with one attached hydrogen (secondary N) is 1. The fourth-order valence-corrected chi connectivity index (χ4v) is 4.98. The number of benzene rings is 3. The number of sulfonamides is 1. The number of carbonyl (C=O) groups is 2. The number of hydrogen-bond donors (Lipinski definition) is 1. The second kappa shape index (κ2) is 11.7. The maximum absolute atomic E-state index is 13.9. The lowest BCUT2D eigenvalue weighted by molar-refractivity contribution is -0.114. The van der Waals surface area contributed by atoms with Gasteiger partial charge in [-0.2, -0.15) is 0 Å². The van der Waals surface area contributed by atoms with Gasteiger partial charge in [-0.15, -0.1) is 0 Å². The van der Waals surface area contributed by atoms with Crippen LogP contribution in [0.15, 0.2) is 65.6 Å². The Morgan fingerprint density at radius 1 is 0.811 bits per heavy atom. The molecule has 37 heavy (non-hydrogen) atoms. The summed E-state index contributed by atoms with van der Waals surface area (Å²) in [5.41, 5.74) is 0.838. The van der Waals surface area contributed by atoms with Gasteiger partial charge in [0.05, 0.1) is 39.0 Å². The third kappa shape index (κ3) is 6.12. The third-order valence-corrected chi connectivity index (χ3v) is 7.19. The predicted molar refractivity (Wildman–Crippen MR) is 139 cm³/mol. The molecule has 11 heteroatoms. The van der Waals surface area contributed by atoms with E-state index in [1.54, 1.807) is 30.3 Å². The van der Waals surface area contributed by atoms with Gasteiger partial charge in [-0.25, -0.2) is 8.42 Å². The minimum absolute atomic E-state index is 0.0873. The first-order chi connectivity index (χ1) is 17.6. The van der Waals surface area contributed by atoms with Gasteiger partial charge in [-0.3, -0.25) is 13.9 Å². The highest BCUT2D eigenvalue weighted by Gasteiger charge is 2.31. The first-order valence-corrected chi connectivity index (χ1v) is 12.5. The molecule has 0 bridgehead atoms. The second-order valence-corrected chi connectivity index (χ2v) is 9.61. The van der Waals surface area contributed by atoms with Crippen LogP contribution >= 0.6 is 0 Å². The van der Waals surface area contributed by atoms with Crippen LogP contribution in [-0.4, -0.2) is 55.1 Å². The van der Waals surface area contributed by atoms with Crippen molar-refractivity contribution >= 4 is 33.1 Å². The van der Waals surface area contributed by atoms with Gasteiger partial charge in [-0.05, 0) is 43.3 Å². The van der Waals surface area contributed by atoms with Gasteiger partial charge in [0.1, 0.15) is 18.0 Å². The van der Waals surface area contributed by atoms with Crippen molar-refractivity contribution in [2.24, 2.45) is 0 Å². The molecule has 0 aliphatic heterocycles. The summed E-state index contributed by atoms with van der Waals surface area (Å²) < 4.78 is 49.9. The molecule has 3 aromatic carbocycles. The Balaban J connectivity index is 2.09. The first kappa shape index (κ1) is 27.3. The van der Waals surface area contributed by atoms with E-state index in [4.69, 9.17) is 18.9 Å². The third-order valence-electron chi connectivity index (χ3n) is 5.44. The van der Waals surface area contributed by atoms with Gasteiger partial charge in [0.15, 0.2) is 17.3 Å². The van der Waals surface area contributed by atoms with Crippen LogP contribution in [-0.2, 0) is 14.8 Å². The summed E-state index contributed by atoms with van der Waals surface area (Å²) in [6, 6.07) is 15.1. The van der Waals surface area contributed by atoms with E-state index in [2.05, 4.69) is 5.32 Å². The second-order valence-electron chi connectivity index (χ2n) is 7.75. The van der Waals surface area contributed by atoms with Crippen molar-refractivity contribution in [2.45, 2.75) is 11.8 Å². The molecular weight excluding hydrogens is 500 g/mol. The zero-order chi connectivity index (χ0) is 27.2. The van der Waals surface area contributed by atoms with E-state index in [0.717, 1.165) is 4.31 Å². The van der Waals surface area contributed by atoms with Gasteiger partial charge in [0, 0.05) is 23.4 Å². The van der Waals surface area contributed by atoms with E-state index in [-0.39, 0.29) is 27.9 Å². The molecule has 0 aliphatic carbocycles. The Morgan fingerprint density at radius 3 is 2.11 bits per heavy atom. The molecule has 0 atom stereocenters. The van der Waals surface area contributed by atoms with Crippen LogP contribution in [0.5, 0.6) is 23.0 Å². The Bertz CT molecular complexity index is 1410. The van der Waals surface area contributed by atoms with Crippen LogP contribution in [0.2, 0.25) is 0 Å². The van der Waals surface area contributed by atoms with Crippen LogP contribution in [0.25, 0.3) is 0 Å². The maximum atomic E-state index is 13.9. The van der Waals surface area contributed by atoms with Gasteiger partial charge < -0.3 is 24.3 Å². The van der Waals surface area contributed by atoms with E-state index < -0.39 is 22.5 Å². The summed E-state index contributed by atoms with van der Waals surface area (Å²) in [4.78, 5) is 24.7. The summed E-state index contributed by atoms with van der Waals surface area (Å²) in [5, 5.41) is 2.65. The molecule has 196 valence electrons. The highest BCUT2D eigenvalue weighted by Crippen LogP contribution is 2.37. The van der Waals surface area contributed by atoms with Crippen LogP contribution in [0.1, 0.15) is 17.3 Å². The first-order valence-electron chi connectivity index (χ1n) is 11.0. The lowest BCUT2D eigenvalue weighted by Crippen LogP contribution is -2.38. The number of rotatable bonds is 11. The average molecular weight is 529 g/mol. The Labute approximate surface area is 215 Å². The molecule has 0 saturated carbocycles. The molecular formula is C26H28N2O8S. The topological polar surface area (TPSA) is 120 Å². The van der Waals surface area contributed by atoms with Gasteiger partial charge in [-0.1, -0.05) is 12.1 Å². The van der Waals surface area contributed by atoms with Crippen molar-refractivity contribution in [2.75, 3.05) is 44.6 Å². The number of nitrogens with zero attached hydrogens (tertiary/aromatic N) is 1. The molecule has 10 nitrogen and oxygen atoms in total. The fourth-order valence-electron chi connectivity index (χ4n) is 3.54. The number of ketones is 1. The number of anilines is 2. The standard InChI is InChI=1S/C26H28N2O8S/c1-17(29)18-7-6-8-19(13-18)27-26(30)16-28(22-14-20(33-2)9-11-23(22)34-3)37(31,32)21-10-12-24(35-4)25(15-21)36-5/h6-15H,16H2,1-5H3,(H,27,30). The van der Waals surface area contributed by atoms with Crippen LogP contribution < -0.4 is 28.6 Å². The number of methoxy groups -OCH3 is 4. The van der Waals surface area contributed by atoms with Crippen LogP contribution in [0, 0.1) is 0 Å². The number of hydrogen-bond acceptors (Lipinski definition) is 8. The van der Waals surface area contributed by atoms with Crippen molar-refractivity contribution in [1.29, 1.82) is 0 Å². The monoisotopic (exact) mass is 528 g/mol. The van der Waals surface area contributed by atoms with Crippen LogP contribution in [0.4, 0.5) is 11.4 Å². The van der Waals surface area contributed by atoms with E-state index in [0.29, 0.717) is 22.7 Å². The summed E-state index contributed by atoms with van der Waals surface area (Å²) >= 11 is 0. The van der Waals surface area contributed by atoms with Gasteiger partial charge >= 0.3 is 0 Å². The smallest absolute Gasteiger partial charge is 0.265 e. The number of ether oxygens (including phenoxy) is 4. The lowest BCUT2D eigenvalue weighted by Gasteiger charge is -2.26.